The molecule has 0 saturated carbocycles. The van der Waals surface area contributed by atoms with Gasteiger partial charge in [-0.1, -0.05) is 0 Å². The summed E-state index contributed by atoms with van der Waals surface area (Å²) in [5.74, 6) is 0.239. The van der Waals surface area contributed by atoms with Gasteiger partial charge in [0.25, 0.3) is 0 Å². The standard InChI is InChI=1S/C12H13F3O2.C7H5F3O/c13-12(14,15)9-4-6-10(7-5-9)17-11-3-1-2-8-16-11;8-7(9,10)5-1-3-6(11)4-2-5/h4-7,11H,1-3,8H2;1-4,11H. The molecular weight excluding hydrogens is 390 g/mol. The van der Waals surface area contributed by atoms with Crippen molar-refractivity contribution in [3.63, 3.8) is 0 Å². The summed E-state index contributed by atoms with van der Waals surface area (Å²) < 4.78 is 83.2. The van der Waals surface area contributed by atoms with Crippen LogP contribution in [0.4, 0.5) is 26.3 Å². The van der Waals surface area contributed by atoms with Crippen molar-refractivity contribution in [1.29, 1.82) is 0 Å². The molecule has 1 aliphatic heterocycles. The van der Waals surface area contributed by atoms with Crippen LogP contribution in [0.15, 0.2) is 48.5 Å². The van der Waals surface area contributed by atoms with E-state index >= 15 is 0 Å². The fraction of sp³-hybridized carbons (Fsp3) is 0.368. The third kappa shape index (κ3) is 6.95. The van der Waals surface area contributed by atoms with Crippen LogP contribution < -0.4 is 4.74 Å². The highest BCUT2D eigenvalue weighted by atomic mass is 19.4. The number of phenolic OH excluding ortho intramolecular Hbond substituents is 1. The molecule has 28 heavy (non-hydrogen) atoms. The van der Waals surface area contributed by atoms with E-state index in [2.05, 4.69) is 0 Å². The Morgan fingerprint density at radius 1 is 0.786 bits per heavy atom. The lowest BCUT2D eigenvalue weighted by molar-refractivity contribution is -0.138. The molecule has 1 heterocycles. The van der Waals surface area contributed by atoms with Gasteiger partial charge in [0.05, 0.1) is 17.7 Å². The van der Waals surface area contributed by atoms with Gasteiger partial charge in [0.1, 0.15) is 11.5 Å². The van der Waals surface area contributed by atoms with E-state index in [9.17, 15) is 26.3 Å². The number of hydrogen-bond donors (Lipinski definition) is 1. The summed E-state index contributed by atoms with van der Waals surface area (Å²) in [4.78, 5) is 0. The Labute approximate surface area is 157 Å². The van der Waals surface area contributed by atoms with Crippen LogP contribution in [0.5, 0.6) is 11.5 Å². The third-order valence-electron chi connectivity index (χ3n) is 3.78. The van der Waals surface area contributed by atoms with E-state index in [1.54, 1.807) is 0 Å². The SMILES string of the molecule is FC(F)(F)c1ccc(OC2CCCCO2)cc1.Oc1ccc(C(F)(F)F)cc1. The molecular formula is C19H18F6O3. The molecule has 0 aliphatic carbocycles. The van der Waals surface area contributed by atoms with Gasteiger partial charge in [-0.25, -0.2) is 0 Å². The van der Waals surface area contributed by atoms with Crippen LogP contribution in [0.3, 0.4) is 0 Å². The molecule has 1 fully saturated rings. The minimum absolute atomic E-state index is 0.169. The molecule has 1 saturated heterocycles. The molecule has 0 amide bonds. The first-order valence-electron chi connectivity index (χ1n) is 8.37. The van der Waals surface area contributed by atoms with Gasteiger partial charge in [0.2, 0.25) is 0 Å². The second-order valence-corrected chi connectivity index (χ2v) is 5.98. The first kappa shape index (κ1) is 21.9. The number of hydrogen-bond acceptors (Lipinski definition) is 3. The smallest absolute Gasteiger partial charge is 0.416 e. The topological polar surface area (TPSA) is 38.7 Å². The molecule has 1 aliphatic rings. The van der Waals surface area contributed by atoms with Gasteiger partial charge >= 0.3 is 12.4 Å². The molecule has 2 aromatic rings. The zero-order valence-corrected chi connectivity index (χ0v) is 14.6. The molecule has 3 rings (SSSR count). The number of phenols is 1. The molecule has 2 aromatic carbocycles. The van der Waals surface area contributed by atoms with E-state index < -0.39 is 23.5 Å². The van der Waals surface area contributed by atoms with Gasteiger partial charge in [-0.3, -0.25) is 0 Å². The monoisotopic (exact) mass is 408 g/mol. The predicted molar refractivity (Wildman–Crippen MR) is 88.8 cm³/mol. The largest absolute Gasteiger partial charge is 0.508 e. The van der Waals surface area contributed by atoms with Gasteiger partial charge in [-0.2, -0.15) is 26.3 Å². The van der Waals surface area contributed by atoms with Crippen LogP contribution in [0.2, 0.25) is 0 Å². The Hall–Kier alpha value is -2.42. The number of rotatable bonds is 2. The maximum Gasteiger partial charge on any atom is 0.416 e. The highest BCUT2D eigenvalue weighted by molar-refractivity contribution is 5.29. The van der Waals surface area contributed by atoms with E-state index in [1.165, 1.54) is 12.1 Å². The van der Waals surface area contributed by atoms with Crippen molar-refractivity contribution < 1.29 is 40.9 Å². The minimum atomic E-state index is -4.33. The second kappa shape index (κ2) is 9.18. The number of ether oxygens (including phenoxy) is 2. The number of benzene rings is 2. The number of aromatic hydroxyl groups is 1. The average molecular weight is 408 g/mol. The molecule has 0 bridgehead atoms. The summed E-state index contributed by atoms with van der Waals surface area (Å²) in [6, 6.07) is 8.33. The zero-order valence-electron chi connectivity index (χ0n) is 14.6. The van der Waals surface area contributed by atoms with Crippen LogP contribution in [0.1, 0.15) is 30.4 Å². The van der Waals surface area contributed by atoms with E-state index in [0.29, 0.717) is 12.4 Å². The second-order valence-electron chi connectivity index (χ2n) is 5.98. The van der Waals surface area contributed by atoms with Crippen LogP contribution in [0, 0.1) is 0 Å². The van der Waals surface area contributed by atoms with Gasteiger partial charge in [-0.05, 0) is 61.4 Å². The van der Waals surface area contributed by atoms with Gasteiger partial charge in [0.15, 0.2) is 6.29 Å². The summed E-state index contributed by atoms with van der Waals surface area (Å²) >= 11 is 0. The number of alkyl halides is 6. The molecule has 0 aromatic heterocycles. The van der Waals surface area contributed by atoms with Crippen LogP contribution >= 0.6 is 0 Å². The van der Waals surface area contributed by atoms with Gasteiger partial charge in [-0.15, -0.1) is 0 Å². The Morgan fingerprint density at radius 2 is 1.29 bits per heavy atom. The van der Waals surface area contributed by atoms with Gasteiger partial charge < -0.3 is 14.6 Å². The molecule has 1 atom stereocenters. The quantitative estimate of drug-likeness (QED) is 0.618. The van der Waals surface area contributed by atoms with Gasteiger partial charge in [0, 0.05) is 6.42 Å². The maximum atomic E-state index is 12.3. The molecule has 1 unspecified atom stereocenters. The van der Waals surface area contributed by atoms with Crippen molar-refractivity contribution in [2.45, 2.75) is 37.9 Å². The Kier molecular flexibility index (Phi) is 7.17. The first-order valence-corrected chi connectivity index (χ1v) is 8.37. The molecule has 9 heteroatoms. The minimum Gasteiger partial charge on any atom is -0.508 e. The molecule has 1 N–H and O–H groups in total. The van der Waals surface area contributed by atoms with Crippen LogP contribution in [-0.2, 0) is 17.1 Å². The lowest BCUT2D eigenvalue weighted by Crippen LogP contribution is -2.24. The Morgan fingerprint density at radius 3 is 1.71 bits per heavy atom. The fourth-order valence-corrected chi connectivity index (χ4v) is 2.33. The Balaban J connectivity index is 0.000000221. The van der Waals surface area contributed by atoms with Crippen LogP contribution in [-0.4, -0.2) is 18.0 Å². The van der Waals surface area contributed by atoms with Crippen molar-refractivity contribution in [1.82, 2.24) is 0 Å². The lowest BCUT2D eigenvalue weighted by atomic mass is 10.2. The number of halogens is 6. The fourth-order valence-electron chi connectivity index (χ4n) is 2.33. The molecule has 0 spiro atoms. The Bertz CT molecular complexity index is 717. The van der Waals surface area contributed by atoms with Crippen molar-refractivity contribution in [2.75, 3.05) is 6.61 Å². The zero-order chi connectivity index (χ0) is 20.8. The maximum absolute atomic E-state index is 12.3. The summed E-state index contributed by atoms with van der Waals surface area (Å²) in [7, 11) is 0. The summed E-state index contributed by atoms with van der Waals surface area (Å²) in [5, 5.41) is 8.66. The molecule has 3 nitrogen and oxygen atoms in total. The van der Waals surface area contributed by atoms with E-state index in [0.717, 1.165) is 55.7 Å². The van der Waals surface area contributed by atoms with Crippen molar-refractivity contribution in [3.05, 3.63) is 59.7 Å². The van der Waals surface area contributed by atoms with E-state index in [1.807, 2.05) is 0 Å². The lowest BCUT2D eigenvalue weighted by Gasteiger charge is -2.23. The normalized spacial score (nSPS) is 17.4. The van der Waals surface area contributed by atoms with Crippen molar-refractivity contribution in [3.8, 4) is 11.5 Å². The predicted octanol–water partition coefficient (Wildman–Crippen LogP) is 6.02. The summed E-state index contributed by atoms with van der Waals surface area (Å²) in [5.41, 5.74) is -1.43. The summed E-state index contributed by atoms with van der Waals surface area (Å²) in [6.07, 6.45) is -6.16. The molecule has 154 valence electrons. The van der Waals surface area contributed by atoms with Crippen molar-refractivity contribution in [2.24, 2.45) is 0 Å². The highest BCUT2D eigenvalue weighted by Gasteiger charge is 2.30. The average Bonchev–Trinajstić information content (AvgIpc) is 2.62. The third-order valence-corrected chi connectivity index (χ3v) is 3.78. The van der Waals surface area contributed by atoms with E-state index in [-0.39, 0.29) is 12.0 Å². The highest BCUT2D eigenvalue weighted by Crippen LogP contribution is 2.31. The summed E-state index contributed by atoms with van der Waals surface area (Å²) in [6.45, 7) is 0.644. The first-order chi connectivity index (χ1) is 13.1. The molecule has 0 radical (unpaired) electrons. The van der Waals surface area contributed by atoms with Crippen LogP contribution in [0.25, 0.3) is 0 Å². The van der Waals surface area contributed by atoms with Crippen molar-refractivity contribution >= 4 is 0 Å². The van der Waals surface area contributed by atoms with E-state index in [4.69, 9.17) is 14.6 Å².